The number of aliphatic hydroxyl groups is 1. The van der Waals surface area contributed by atoms with Crippen LogP contribution in [-0.2, 0) is 16.1 Å². The van der Waals surface area contributed by atoms with Gasteiger partial charge in [-0.15, -0.1) is 0 Å². The Labute approximate surface area is 207 Å². The number of rotatable bonds is 6. The van der Waals surface area contributed by atoms with Crippen molar-refractivity contribution in [1.29, 1.82) is 0 Å². The first-order valence-corrected chi connectivity index (χ1v) is 12.3. The van der Waals surface area contributed by atoms with E-state index in [2.05, 4.69) is 20.5 Å². The first kappa shape index (κ1) is 23.1. The molecule has 2 aromatic rings. The number of ether oxygens (including phenoxy) is 2. The predicted octanol–water partition coefficient (Wildman–Crippen LogP) is 0.847. The van der Waals surface area contributed by atoms with Crippen LogP contribution in [0.1, 0.15) is 23.6 Å². The van der Waals surface area contributed by atoms with E-state index >= 15 is 0 Å². The number of pyridine rings is 1. The minimum atomic E-state index is -0.499. The van der Waals surface area contributed by atoms with E-state index in [1.54, 1.807) is 17.0 Å². The van der Waals surface area contributed by atoms with E-state index in [4.69, 9.17) is 9.47 Å². The highest BCUT2D eigenvalue weighted by molar-refractivity contribution is 5.99. The summed E-state index contributed by atoms with van der Waals surface area (Å²) in [6.07, 6.45) is 0.167. The van der Waals surface area contributed by atoms with Crippen LogP contribution in [-0.4, -0.2) is 78.8 Å². The average Bonchev–Trinajstić information content (AvgIpc) is 3.21. The van der Waals surface area contributed by atoms with E-state index in [9.17, 15) is 19.1 Å². The second kappa shape index (κ2) is 9.30. The number of hydrogen-bond acceptors (Lipinski definition) is 8. The van der Waals surface area contributed by atoms with Gasteiger partial charge in [0.05, 0.1) is 17.5 Å². The Bertz CT molecular complexity index is 1210. The molecular weight excluding hydrogens is 469 g/mol. The Balaban J connectivity index is 1.07. The number of halogens is 1. The van der Waals surface area contributed by atoms with Gasteiger partial charge in [-0.3, -0.25) is 14.5 Å². The zero-order chi connectivity index (χ0) is 24.8. The molecule has 1 aromatic heterocycles. The fourth-order valence-electron chi connectivity index (χ4n) is 5.63. The molecule has 3 N–H and O–H groups in total. The fraction of sp³-hybridized carbons (Fsp3) is 0.480. The van der Waals surface area contributed by atoms with Gasteiger partial charge in [0.25, 0.3) is 11.8 Å². The van der Waals surface area contributed by atoms with Crippen molar-refractivity contribution in [2.75, 3.05) is 56.2 Å². The Morgan fingerprint density at radius 2 is 1.97 bits per heavy atom. The standard InChI is InChI=1S/C25H28FN5O5/c26-17-2-4-19-24-23(17)14(5-6-31(24)22(34)13-36-19)9-30-10-15(18(32)11-30)7-27-8-16-1-3-20-25(28-16)29-21(33)12-35-20/h1-4,14-15,18,27,32H,5-13H2,(H,28,29,33)/t14?,15-,18+/m0/s1. The van der Waals surface area contributed by atoms with Crippen LogP contribution in [0.15, 0.2) is 24.3 Å². The minimum Gasteiger partial charge on any atom is -0.482 e. The van der Waals surface area contributed by atoms with E-state index in [0.29, 0.717) is 74.3 Å². The normalized spacial score (nSPS) is 25.1. The molecule has 1 fully saturated rings. The number of hydrogen-bond donors (Lipinski definition) is 3. The lowest BCUT2D eigenvalue weighted by Crippen LogP contribution is -2.44. The SMILES string of the molecule is O=C1COc2ccc(CNC[C@H]3CN(CC4CCN5C(=O)COc6ccc(F)c4c65)C[C@H]3O)nc2N1. The van der Waals surface area contributed by atoms with Gasteiger partial charge in [-0.2, -0.15) is 0 Å². The third-order valence-electron chi connectivity index (χ3n) is 7.36. The zero-order valence-electron chi connectivity index (χ0n) is 19.7. The number of nitrogens with zero attached hydrogens (tertiary/aromatic N) is 3. The Morgan fingerprint density at radius 1 is 1.14 bits per heavy atom. The monoisotopic (exact) mass is 497 g/mol. The molecule has 1 unspecified atom stereocenters. The number of aliphatic hydroxyl groups excluding tert-OH is 1. The maximum atomic E-state index is 14.9. The molecule has 1 saturated heterocycles. The number of carbonyl (C=O) groups excluding carboxylic acids is 2. The zero-order valence-corrected chi connectivity index (χ0v) is 19.7. The molecule has 190 valence electrons. The van der Waals surface area contributed by atoms with Crippen molar-refractivity contribution >= 4 is 23.3 Å². The predicted molar refractivity (Wildman–Crippen MR) is 128 cm³/mol. The van der Waals surface area contributed by atoms with Crippen LogP contribution >= 0.6 is 0 Å². The maximum absolute atomic E-state index is 14.9. The van der Waals surface area contributed by atoms with Crippen molar-refractivity contribution in [3.05, 3.63) is 41.3 Å². The molecule has 3 atom stereocenters. The van der Waals surface area contributed by atoms with E-state index in [1.165, 1.54) is 6.07 Å². The number of aromatic nitrogens is 1. The van der Waals surface area contributed by atoms with Crippen molar-refractivity contribution in [2.24, 2.45) is 5.92 Å². The Morgan fingerprint density at radius 3 is 2.86 bits per heavy atom. The van der Waals surface area contributed by atoms with Crippen molar-refractivity contribution in [3.63, 3.8) is 0 Å². The molecule has 0 bridgehead atoms. The molecule has 2 amide bonds. The quantitative estimate of drug-likeness (QED) is 0.538. The molecule has 0 spiro atoms. The van der Waals surface area contributed by atoms with Crippen molar-refractivity contribution in [3.8, 4) is 11.5 Å². The fourth-order valence-corrected chi connectivity index (χ4v) is 5.63. The summed E-state index contributed by atoms with van der Waals surface area (Å²) in [6, 6.07) is 6.64. The molecule has 0 radical (unpaired) electrons. The van der Waals surface area contributed by atoms with Crippen molar-refractivity contribution in [1.82, 2.24) is 15.2 Å². The second-order valence-electron chi connectivity index (χ2n) is 9.79. The summed E-state index contributed by atoms with van der Waals surface area (Å²) in [6.45, 7) is 3.40. The topological polar surface area (TPSA) is 116 Å². The van der Waals surface area contributed by atoms with Gasteiger partial charge >= 0.3 is 0 Å². The van der Waals surface area contributed by atoms with Crippen LogP contribution in [0.2, 0.25) is 0 Å². The highest BCUT2D eigenvalue weighted by Crippen LogP contribution is 2.45. The second-order valence-corrected chi connectivity index (χ2v) is 9.79. The number of nitrogens with one attached hydrogen (secondary N) is 2. The highest BCUT2D eigenvalue weighted by atomic mass is 19.1. The lowest BCUT2D eigenvalue weighted by molar-refractivity contribution is -0.121. The molecule has 0 aliphatic carbocycles. The first-order chi connectivity index (χ1) is 17.5. The molecule has 1 aromatic carbocycles. The molecule has 0 saturated carbocycles. The summed E-state index contributed by atoms with van der Waals surface area (Å²) in [5.74, 6) is 0.782. The molecule has 6 rings (SSSR count). The summed E-state index contributed by atoms with van der Waals surface area (Å²) >= 11 is 0. The highest BCUT2D eigenvalue weighted by Gasteiger charge is 2.39. The van der Waals surface area contributed by atoms with E-state index in [-0.39, 0.29) is 42.7 Å². The van der Waals surface area contributed by atoms with Gasteiger partial charge in [0.15, 0.2) is 24.8 Å². The third kappa shape index (κ3) is 4.27. The van der Waals surface area contributed by atoms with Gasteiger partial charge in [-0.05, 0) is 30.7 Å². The van der Waals surface area contributed by atoms with Gasteiger partial charge in [0.1, 0.15) is 11.6 Å². The maximum Gasteiger partial charge on any atom is 0.265 e. The number of likely N-dealkylation sites (tertiary alicyclic amines) is 1. The number of anilines is 2. The van der Waals surface area contributed by atoms with E-state index in [0.717, 1.165) is 5.69 Å². The number of fused-ring (bicyclic) bond motifs is 1. The van der Waals surface area contributed by atoms with Gasteiger partial charge in [-0.1, -0.05) is 0 Å². The molecule has 10 nitrogen and oxygen atoms in total. The van der Waals surface area contributed by atoms with Crippen LogP contribution in [0.4, 0.5) is 15.9 Å². The van der Waals surface area contributed by atoms with Crippen LogP contribution in [0.5, 0.6) is 11.5 Å². The summed E-state index contributed by atoms with van der Waals surface area (Å²) in [5, 5.41) is 16.7. The van der Waals surface area contributed by atoms with Crippen molar-refractivity contribution < 1.29 is 28.6 Å². The van der Waals surface area contributed by atoms with Crippen LogP contribution in [0.25, 0.3) is 0 Å². The summed E-state index contributed by atoms with van der Waals surface area (Å²) in [7, 11) is 0. The minimum absolute atomic E-state index is 0.00719. The third-order valence-corrected chi connectivity index (χ3v) is 7.36. The average molecular weight is 498 g/mol. The molecule has 4 aliphatic rings. The summed E-state index contributed by atoms with van der Waals surface area (Å²) < 4.78 is 25.8. The van der Waals surface area contributed by atoms with Crippen LogP contribution < -0.4 is 25.0 Å². The van der Waals surface area contributed by atoms with E-state index in [1.807, 2.05) is 6.07 Å². The van der Waals surface area contributed by atoms with Gasteiger partial charge < -0.3 is 30.1 Å². The molecular formula is C25H28FN5O5. The Hall–Kier alpha value is -3.28. The van der Waals surface area contributed by atoms with Gasteiger partial charge in [0, 0.05) is 56.7 Å². The summed E-state index contributed by atoms with van der Waals surface area (Å²) in [4.78, 5) is 32.1. The lowest BCUT2D eigenvalue weighted by Gasteiger charge is -2.39. The summed E-state index contributed by atoms with van der Waals surface area (Å²) in [5.41, 5.74) is 1.87. The first-order valence-electron chi connectivity index (χ1n) is 12.3. The molecule has 11 heteroatoms. The number of benzene rings is 1. The molecule has 4 aliphatic heterocycles. The number of carbonyl (C=O) groups is 2. The van der Waals surface area contributed by atoms with E-state index < -0.39 is 6.10 Å². The smallest absolute Gasteiger partial charge is 0.265 e. The van der Waals surface area contributed by atoms with Gasteiger partial charge in [0.2, 0.25) is 0 Å². The van der Waals surface area contributed by atoms with Gasteiger partial charge in [-0.25, -0.2) is 9.37 Å². The number of β-amino-alcohol motifs (C(OH)–C–C–N with tert-alkyl or cyclic N) is 1. The molecule has 5 heterocycles. The van der Waals surface area contributed by atoms with Crippen LogP contribution in [0, 0.1) is 11.7 Å². The van der Waals surface area contributed by atoms with Crippen LogP contribution in [0.3, 0.4) is 0 Å². The Kier molecular flexibility index (Phi) is 5.98. The number of amides is 2. The molecule has 36 heavy (non-hydrogen) atoms. The van der Waals surface area contributed by atoms with Crippen molar-refractivity contribution in [2.45, 2.75) is 25.0 Å². The lowest BCUT2D eigenvalue weighted by atomic mass is 9.88. The largest absolute Gasteiger partial charge is 0.482 e.